The topological polar surface area (TPSA) is 135 Å². The van der Waals surface area contributed by atoms with E-state index in [1.165, 1.54) is 57.6 Å². The molecule has 65 heavy (non-hydrogen) atoms. The number of hydrogen-bond donors (Lipinski definition) is 4. The molecule has 10 heteroatoms. The van der Waals surface area contributed by atoms with Gasteiger partial charge in [-0.05, 0) is 106 Å². The summed E-state index contributed by atoms with van der Waals surface area (Å²) in [5, 5.41) is 15.7. The van der Waals surface area contributed by atoms with E-state index in [4.69, 9.17) is 9.47 Å². The number of carbonyl (C=O) groups excluding carboxylic acids is 4. The lowest BCUT2D eigenvalue weighted by atomic mass is 9.80. The molecule has 5 aliphatic heterocycles. The molecule has 7 unspecified atom stereocenters. The van der Waals surface area contributed by atoms with Gasteiger partial charge in [0.25, 0.3) is 0 Å². The van der Waals surface area contributed by atoms with Crippen molar-refractivity contribution in [3.63, 3.8) is 0 Å². The van der Waals surface area contributed by atoms with Crippen molar-refractivity contribution in [1.29, 1.82) is 0 Å². The third-order valence-corrected chi connectivity index (χ3v) is 17.2. The second-order valence-corrected chi connectivity index (χ2v) is 22.3. The predicted octanol–water partition coefficient (Wildman–Crippen LogP) is 9.84. The largest absolute Gasteiger partial charge is 0.468 e. The molecule has 2 saturated heterocycles. The van der Waals surface area contributed by atoms with Gasteiger partial charge >= 0.3 is 11.9 Å². The fourth-order valence-electron chi connectivity index (χ4n) is 13.1. The molecule has 8 bridgehead atoms. The lowest BCUT2D eigenvalue weighted by Gasteiger charge is -2.29. The highest BCUT2D eigenvalue weighted by Gasteiger charge is 2.55. The van der Waals surface area contributed by atoms with Crippen LogP contribution in [0.15, 0.2) is 45.3 Å². The van der Waals surface area contributed by atoms with Crippen molar-refractivity contribution in [3.8, 4) is 0 Å². The van der Waals surface area contributed by atoms with E-state index in [0.717, 1.165) is 78.8 Å². The molecule has 6 aliphatic rings. The van der Waals surface area contributed by atoms with Gasteiger partial charge in [0.15, 0.2) is 11.6 Å². The number of allylic oxidation sites excluding steroid dienone is 3. The molecule has 364 valence electrons. The first-order valence-corrected chi connectivity index (χ1v) is 26.1. The van der Waals surface area contributed by atoms with Crippen molar-refractivity contribution in [2.45, 2.75) is 209 Å². The maximum Gasteiger partial charge on any atom is 0.321 e. The molecule has 14 atom stereocenters. The Morgan fingerprint density at radius 1 is 0.769 bits per heavy atom. The van der Waals surface area contributed by atoms with Gasteiger partial charge in [-0.25, -0.2) is 0 Å². The van der Waals surface area contributed by atoms with Crippen LogP contribution in [0.3, 0.4) is 0 Å². The molecule has 4 N–H and O–H groups in total. The molecule has 0 aromatic carbocycles. The molecule has 6 rings (SSSR count). The molecule has 0 aromatic rings. The summed E-state index contributed by atoms with van der Waals surface area (Å²) < 4.78 is 11.2. The third-order valence-electron chi connectivity index (χ3n) is 17.2. The van der Waals surface area contributed by atoms with E-state index in [0.29, 0.717) is 29.4 Å². The molecule has 2 fully saturated rings. The summed E-state index contributed by atoms with van der Waals surface area (Å²) in [7, 11) is 1.36. The van der Waals surface area contributed by atoms with Crippen LogP contribution in [-0.4, -0.2) is 73.5 Å². The third kappa shape index (κ3) is 11.7. The lowest BCUT2D eigenvalue weighted by Crippen LogP contribution is -2.44. The Morgan fingerprint density at radius 3 is 2.08 bits per heavy atom. The normalized spacial score (nSPS) is 33.2. The van der Waals surface area contributed by atoms with E-state index in [1.807, 2.05) is 0 Å². The summed E-state index contributed by atoms with van der Waals surface area (Å²) in [5.74, 6) is 1.15. The lowest BCUT2D eigenvalue weighted by molar-refractivity contribution is -0.147. The van der Waals surface area contributed by atoms with Crippen LogP contribution in [0.2, 0.25) is 0 Å². The van der Waals surface area contributed by atoms with Crippen molar-refractivity contribution in [2.24, 2.45) is 53.3 Å². The molecule has 0 aromatic heterocycles. The number of carbonyl (C=O) groups is 4. The number of methoxy groups -OCH3 is 1. The minimum atomic E-state index is -1.07. The Labute approximate surface area is 393 Å². The number of ketones is 2. The molecular formula is C55H88N4O6. The summed E-state index contributed by atoms with van der Waals surface area (Å²) in [4.78, 5) is 55.0. The molecule has 0 saturated carbocycles. The number of fused-ring (bicyclic) bond motifs is 7. The minimum absolute atomic E-state index is 0.0125. The maximum absolute atomic E-state index is 14.5. The smallest absolute Gasteiger partial charge is 0.321 e. The Kier molecular flexibility index (Phi) is 17.9. The van der Waals surface area contributed by atoms with Gasteiger partial charge in [0, 0.05) is 82.6 Å². The summed E-state index contributed by atoms with van der Waals surface area (Å²) >= 11 is 0. The van der Waals surface area contributed by atoms with Crippen molar-refractivity contribution < 1.29 is 28.7 Å². The van der Waals surface area contributed by atoms with Crippen molar-refractivity contribution in [3.05, 3.63) is 45.3 Å². The van der Waals surface area contributed by atoms with Gasteiger partial charge in [-0.3, -0.25) is 19.2 Å². The highest BCUT2D eigenvalue weighted by Crippen LogP contribution is 2.50. The zero-order chi connectivity index (χ0) is 47.3. The molecule has 0 amide bonds. The van der Waals surface area contributed by atoms with E-state index in [2.05, 4.69) is 96.6 Å². The van der Waals surface area contributed by atoms with Crippen molar-refractivity contribution in [1.82, 2.24) is 21.3 Å². The second-order valence-electron chi connectivity index (χ2n) is 22.3. The fraction of sp³-hybridized carbons (Fsp3) is 0.782. The highest BCUT2D eigenvalue weighted by molar-refractivity contribution is 6.16. The van der Waals surface area contributed by atoms with Gasteiger partial charge in [-0.2, -0.15) is 0 Å². The van der Waals surface area contributed by atoms with Gasteiger partial charge < -0.3 is 30.7 Å². The number of hydrogen-bond acceptors (Lipinski definition) is 10. The average Bonchev–Trinajstić information content (AvgIpc) is 4.00. The zero-order valence-corrected chi connectivity index (χ0v) is 42.5. The van der Waals surface area contributed by atoms with Crippen LogP contribution < -0.4 is 21.3 Å². The zero-order valence-electron chi connectivity index (χ0n) is 42.5. The Morgan fingerprint density at radius 2 is 1.43 bits per heavy atom. The molecular weight excluding hydrogens is 813 g/mol. The maximum atomic E-state index is 14.5. The number of ether oxygens (including phenoxy) is 2. The number of nitrogens with one attached hydrogen (secondary N) is 4. The van der Waals surface area contributed by atoms with Crippen LogP contribution >= 0.6 is 0 Å². The van der Waals surface area contributed by atoms with Gasteiger partial charge in [-0.1, -0.05) is 112 Å². The summed E-state index contributed by atoms with van der Waals surface area (Å²) in [6.45, 7) is 24.6. The molecule has 10 nitrogen and oxygen atoms in total. The Balaban J connectivity index is 1.15. The van der Waals surface area contributed by atoms with E-state index in [9.17, 15) is 19.2 Å². The molecule has 5 heterocycles. The van der Waals surface area contributed by atoms with Crippen LogP contribution in [0.25, 0.3) is 0 Å². The first-order valence-electron chi connectivity index (χ1n) is 26.1. The Hall–Kier alpha value is -3.24. The fourth-order valence-corrected chi connectivity index (χ4v) is 13.1. The standard InChI is InChI=1S/C55H88N4O6/c1-13-39-34(7)41-29-46-48(38(11)60)36(9)43(57-46)27-42-35(8)40(52(58-42)50-51(55(63)64-12)54(62)49-37(10)44(59-53(49)50)28-45(39)56-41)23-24-47(61)65-26-25-33(6)22-16-21-32(5)20-15-19-31(4)18-14-17-30(2)3/h25,30-32,34-35,37,39-46,51,56-59H,13-24,26-29H2,1-12H3/b33-25+,52-50?/t31-,32-,34-,35+,37?,39-,40+,41?,42?,43?,44?,45?,46?,51-/m1/s1. The molecule has 0 spiro atoms. The number of Topliss-reactive ketones (excluding diaryl/α,β-unsaturated/α-hetero) is 2. The van der Waals surface area contributed by atoms with Crippen LogP contribution in [0, 0.1) is 53.3 Å². The first-order chi connectivity index (χ1) is 30.9. The molecule has 0 radical (unpaired) electrons. The molecule has 1 aliphatic carbocycles. The van der Waals surface area contributed by atoms with Crippen LogP contribution in [0.1, 0.15) is 172 Å². The van der Waals surface area contributed by atoms with Gasteiger partial charge in [0.1, 0.15) is 12.5 Å². The van der Waals surface area contributed by atoms with Crippen LogP contribution in [0.4, 0.5) is 0 Å². The van der Waals surface area contributed by atoms with Gasteiger partial charge in [-0.15, -0.1) is 0 Å². The van der Waals surface area contributed by atoms with Gasteiger partial charge in [0.05, 0.1) is 7.11 Å². The summed E-state index contributed by atoms with van der Waals surface area (Å²) in [6, 6.07) is 0.418. The SMILES string of the molecule is CC[C@H]1C2CC3NC4=C(C(=O)[C@H](C(=O)OC)C4=C4NC(CC5NC(CC(N2)[C@@H]1C)C(C(C)=O)=C5C)[C@@H](C)[C@@H]4CCC(=O)OC/C=C(\C)CCC[C@H](C)CCC[C@H](C)CCCC(C)C)C3C. The quantitative estimate of drug-likeness (QED) is 0.0532. The summed E-state index contributed by atoms with van der Waals surface area (Å²) in [6.07, 6.45) is 17.6. The second kappa shape index (κ2) is 22.7. The first kappa shape index (κ1) is 51.2. The Bertz CT molecular complexity index is 1860. The van der Waals surface area contributed by atoms with E-state index < -0.39 is 11.9 Å². The van der Waals surface area contributed by atoms with E-state index in [1.54, 1.807) is 6.92 Å². The van der Waals surface area contributed by atoms with Crippen molar-refractivity contribution >= 4 is 23.5 Å². The average molecular weight is 901 g/mol. The van der Waals surface area contributed by atoms with Gasteiger partial charge in [0.2, 0.25) is 0 Å². The van der Waals surface area contributed by atoms with Crippen LogP contribution in [0.5, 0.6) is 0 Å². The van der Waals surface area contributed by atoms with Crippen LogP contribution in [-0.2, 0) is 28.7 Å². The van der Waals surface area contributed by atoms with E-state index in [-0.39, 0.29) is 84.6 Å². The summed E-state index contributed by atoms with van der Waals surface area (Å²) in [5.41, 5.74) is 6.29. The van der Waals surface area contributed by atoms with E-state index >= 15 is 0 Å². The van der Waals surface area contributed by atoms with Crippen molar-refractivity contribution in [2.75, 3.05) is 13.7 Å². The minimum Gasteiger partial charge on any atom is -0.468 e. The number of rotatable bonds is 20. The predicted molar refractivity (Wildman–Crippen MR) is 260 cm³/mol. The highest BCUT2D eigenvalue weighted by atomic mass is 16.5. The number of esters is 2. The monoisotopic (exact) mass is 901 g/mol.